The number of unbranched alkanes of at least 4 members (excludes halogenated alkanes) is 1. The molecule has 1 saturated heterocycles. The van der Waals surface area contributed by atoms with Crippen LogP contribution in [0.1, 0.15) is 43.0 Å². The van der Waals surface area contributed by atoms with E-state index in [1.807, 2.05) is 6.07 Å². The lowest BCUT2D eigenvalue weighted by Gasteiger charge is -2.24. The summed E-state index contributed by atoms with van der Waals surface area (Å²) < 4.78 is 11.0. The fraction of sp³-hybridized carbons (Fsp3) is 0.588. The van der Waals surface area contributed by atoms with Gasteiger partial charge in [0.1, 0.15) is 0 Å². The van der Waals surface area contributed by atoms with Crippen LogP contribution in [0.25, 0.3) is 0 Å². The van der Waals surface area contributed by atoms with Crippen LogP contribution in [0.3, 0.4) is 0 Å². The number of nitrogens with one attached hydrogen (secondary N) is 2. The maximum atomic E-state index is 12.3. The molecule has 0 radical (unpaired) electrons. The largest absolute Gasteiger partial charge is 0.493 e. The van der Waals surface area contributed by atoms with Gasteiger partial charge in [-0.15, -0.1) is 0 Å². The van der Waals surface area contributed by atoms with Gasteiger partial charge in [0.05, 0.1) is 13.7 Å². The first-order valence-corrected chi connectivity index (χ1v) is 8.07. The van der Waals surface area contributed by atoms with E-state index in [4.69, 9.17) is 9.47 Å². The molecule has 0 saturated carbocycles. The zero-order valence-electron chi connectivity index (χ0n) is 13.5. The third kappa shape index (κ3) is 4.63. The molecule has 1 heterocycles. The standard InChI is InChI=1S/C17H26N2O3/c1-3-4-10-22-15-8-7-13(11-16(15)21-2)17(20)19-14-6-5-9-18-12-14/h7-8,11,14,18H,3-6,9-10,12H2,1-2H3,(H,19,20). The summed E-state index contributed by atoms with van der Waals surface area (Å²) in [4.78, 5) is 12.3. The summed E-state index contributed by atoms with van der Waals surface area (Å²) in [5.41, 5.74) is 0.602. The lowest BCUT2D eigenvalue weighted by Crippen LogP contribution is -2.45. The molecule has 0 spiro atoms. The highest BCUT2D eigenvalue weighted by Gasteiger charge is 2.17. The van der Waals surface area contributed by atoms with Crippen LogP contribution in [0.15, 0.2) is 18.2 Å². The molecule has 2 rings (SSSR count). The molecule has 5 nitrogen and oxygen atoms in total. The van der Waals surface area contributed by atoms with E-state index in [0.29, 0.717) is 23.7 Å². The third-order valence-corrected chi connectivity index (χ3v) is 3.81. The number of hydrogen-bond donors (Lipinski definition) is 2. The van der Waals surface area contributed by atoms with Gasteiger partial charge in [0.15, 0.2) is 11.5 Å². The van der Waals surface area contributed by atoms with E-state index >= 15 is 0 Å². The van der Waals surface area contributed by atoms with E-state index in [0.717, 1.165) is 38.8 Å². The van der Waals surface area contributed by atoms with Gasteiger partial charge in [0.2, 0.25) is 0 Å². The van der Waals surface area contributed by atoms with Crippen LogP contribution < -0.4 is 20.1 Å². The van der Waals surface area contributed by atoms with Crippen molar-refractivity contribution in [1.29, 1.82) is 0 Å². The molecule has 22 heavy (non-hydrogen) atoms. The summed E-state index contributed by atoms with van der Waals surface area (Å²) in [6, 6.07) is 5.54. The van der Waals surface area contributed by atoms with Crippen LogP contribution >= 0.6 is 0 Å². The molecule has 1 aromatic rings. The number of piperidine rings is 1. The van der Waals surface area contributed by atoms with Crippen molar-refractivity contribution in [1.82, 2.24) is 10.6 Å². The Morgan fingerprint density at radius 3 is 2.95 bits per heavy atom. The van der Waals surface area contributed by atoms with Crippen LogP contribution in [0.5, 0.6) is 11.5 Å². The van der Waals surface area contributed by atoms with Gasteiger partial charge in [-0.1, -0.05) is 13.3 Å². The SMILES string of the molecule is CCCCOc1ccc(C(=O)NC2CCCNC2)cc1OC. The molecule has 122 valence electrons. The molecule has 0 aliphatic carbocycles. The molecule has 0 aromatic heterocycles. The number of methoxy groups -OCH3 is 1. The first-order chi connectivity index (χ1) is 10.7. The monoisotopic (exact) mass is 306 g/mol. The molecule has 1 unspecified atom stereocenters. The van der Waals surface area contributed by atoms with E-state index in [1.54, 1.807) is 19.2 Å². The quantitative estimate of drug-likeness (QED) is 0.759. The Kier molecular flexibility index (Phi) is 6.52. The second kappa shape index (κ2) is 8.63. The Hall–Kier alpha value is -1.75. The lowest BCUT2D eigenvalue weighted by atomic mass is 10.1. The smallest absolute Gasteiger partial charge is 0.251 e. The summed E-state index contributed by atoms with van der Waals surface area (Å²) in [6.07, 6.45) is 4.20. The number of ether oxygens (including phenoxy) is 2. The van der Waals surface area contributed by atoms with Gasteiger partial charge < -0.3 is 20.1 Å². The molecule has 1 aromatic carbocycles. The predicted molar refractivity (Wildman–Crippen MR) is 86.8 cm³/mol. The van der Waals surface area contributed by atoms with Crippen LogP contribution in [0.4, 0.5) is 0 Å². The minimum absolute atomic E-state index is 0.0629. The number of rotatable bonds is 7. The number of amides is 1. The van der Waals surface area contributed by atoms with Crippen molar-refractivity contribution in [3.05, 3.63) is 23.8 Å². The zero-order chi connectivity index (χ0) is 15.8. The van der Waals surface area contributed by atoms with E-state index in [2.05, 4.69) is 17.6 Å². The average Bonchev–Trinajstić information content (AvgIpc) is 2.56. The Labute approximate surface area is 132 Å². The molecule has 5 heteroatoms. The first-order valence-electron chi connectivity index (χ1n) is 8.07. The van der Waals surface area contributed by atoms with Gasteiger partial charge in [0.25, 0.3) is 5.91 Å². The van der Waals surface area contributed by atoms with Crippen LogP contribution in [-0.4, -0.2) is 38.8 Å². The average molecular weight is 306 g/mol. The maximum absolute atomic E-state index is 12.3. The third-order valence-electron chi connectivity index (χ3n) is 3.81. The highest BCUT2D eigenvalue weighted by atomic mass is 16.5. The fourth-order valence-electron chi connectivity index (χ4n) is 2.50. The summed E-state index contributed by atoms with van der Waals surface area (Å²) in [7, 11) is 1.59. The second-order valence-corrected chi connectivity index (χ2v) is 5.58. The molecule has 1 aliphatic heterocycles. The highest BCUT2D eigenvalue weighted by Crippen LogP contribution is 2.28. The molecular formula is C17H26N2O3. The van der Waals surface area contributed by atoms with E-state index in [9.17, 15) is 4.79 Å². The van der Waals surface area contributed by atoms with Crippen molar-refractivity contribution in [2.24, 2.45) is 0 Å². The first kappa shape index (κ1) is 16.6. The Morgan fingerprint density at radius 1 is 1.41 bits per heavy atom. The van der Waals surface area contributed by atoms with Gasteiger partial charge in [-0.25, -0.2) is 0 Å². The Bertz CT molecular complexity index is 485. The number of hydrogen-bond acceptors (Lipinski definition) is 4. The zero-order valence-corrected chi connectivity index (χ0v) is 13.5. The number of benzene rings is 1. The van der Waals surface area contributed by atoms with Crippen LogP contribution in [0, 0.1) is 0 Å². The van der Waals surface area contributed by atoms with Crippen molar-refractivity contribution in [2.75, 3.05) is 26.8 Å². The van der Waals surface area contributed by atoms with Crippen LogP contribution in [0.2, 0.25) is 0 Å². The van der Waals surface area contributed by atoms with Gasteiger partial charge >= 0.3 is 0 Å². The van der Waals surface area contributed by atoms with Crippen molar-refractivity contribution in [2.45, 2.75) is 38.6 Å². The predicted octanol–water partition coefficient (Wildman–Crippen LogP) is 2.36. The molecule has 2 N–H and O–H groups in total. The van der Waals surface area contributed by atoms with Gasteiger partial charge in [-0.2, -0.15) is 0 Å². The Morgan fingerprint density at radius 2 is 2.27 bits per heavy atom. The minimum atomic E-state index is -0.0629. The topological polar surface area (TPSA) is 59.6 Å². The molecule has 0 bridgehead atoms. The fourth-order valence-corrected chi connectivity index (χ4v) is 2.50. The summed E-state index contributed by atoms with van der Waals surface area (Å²) in [6.45, 7) is 4.64. The molecule has 1 fully saturated rings. The van der Waals surface area contributed by atoms with Crippen LogP contribution in [-0.2, 0) is 0 Å². The molecular weight excluding hydrogens is 280 g/mol. The summed E-state index contributed by atoms with van der Waals surface area (Å²) in [5.74, 6) is 1.23. The van der Waals surface area contributed by atoms with Gasteiger partial charge in [-0.3, -0.25) is 4.79 Å². The van der Waals surface area contributed by atoms with Crippen molar-refractivity contribution in [3.63, 3.8) is 0 Å². The molecule has 1 atom stereocenters. The second-order valence-electron chi connectivity index (χ2n) is 5.58. The maximum Gasteiger partial charge on any atom is 0.251 e. The van der Waals surface area contributed by atoms with E-state index < -0.39 is 0 Å². The Balaban J connectivity index is 1.99. The lowest BCUT2D eigenvalue weighted by molar-refractivity contribution is 0.0930. The van der Waals surface area contributed by atoms with Crippen molar-refractivity contribution >= 4 is 5.91 Å². The normalized spacial score (nSPS) is 17.8. The highest BCUT2D eigenvalue weighted by molar-refractivity contribution is 5.95. The minimum Gasteiger partial charge on any atom is -0.493 e. The van der Waals surface area contributed by atoms with Crippen molar-refractivity contribution in [3.8, 4) is 11.5 Å². The number of carbonyl (C=O) groups is 1. The number of carbonyl (C=O) groups excluding carboxylic acids is 1. The van der Waals surface area contributed by atoms with Gasteiger partial charge in [-0.05, 0) is 44.0 Å². The van der Waals surface area contributed by atoms with Gasteiger partial charge in [0, 0.05) is 18.2 Å². The summed E-state index contributed by atoms with van der Waals surface area (Å²) >= 11 is 0. The summed E-state index contributed by atoms with van der Waals surface area (Å²) in [5, 5.41) is 6.35. The van der Waals surface area contributed by atoms with Crippen molar-refractivity contribution < 1.29 is 14.3 Å². The molecule has 1 amide bonds. The van der Waals surface area contributed by atoms with E-state index in [1.165, 1.54) is 0 Å². The molecule has 1 aliphatic rings. The van der Waals surface area contributed by atoms with E-state index in [-0.39, 0.29) is 11.9 Å².